The van der Waals surface area contributed by atoms with Gasteiger partial charge in [-0.1, -0.05) is 36.4 Å². The highest BCUT2D eigenvalue weighted by Crippen LogP contribution is 2.51. The first-order valence-electron chi connectivity index (χ1n) is 12.6. The molecule has 0 saturated carbocycles. The van der Waals surface area contributed by atoms with Crippen LogP contribution in [0.5, 0.6) is 11.5 Å². The van der Waals surface area contributed by atoms with Crippen LogP contribution in [0.1, 0.15) is 37.5 Å². The van der Waals surface area contributed by atoms with Gasteiger partial charge in [0.2, 0.25) is 0 Å². The largest absolute Gasteiger partial charge is 0.497 e. The van der Waals surface area contributed by atoms with Crippen LogP contribution < -0.4 is 14.9 Å². The van der Waals surface area contributed by atoms with Gasteiger partial charge in [-0.2, -0.15) is 0 Å². The lowest BCUT2D eigenvalue weighted by molar-refractivity contribution is -0.171. The summed E-state index contributed by atoms with van der Waals surface area (Å²) >= 11 is 0. The summed E-state index contributed by atoms with van der Waals surface area (Å²) in [5.41, 5.74) is 2.29. The molecule has 0 spiro atoms. The number of ether oxygens (including phenoxy) is 3. The molecule has 3 atom stereocenters. The van der Waals surface area contributed by atoms with Crippen LogP contribution in [0.25, 0.3) is 21.5 Å². The van der Waals surface area contributed by atoms with Gasteiger partial charge in [-0.15, -0.1) is 0 Å². The molecule has 2 aliphatic rings. The number of carbonyl (C=O) groups excluding carboxylic acids is 1. The molecule has 0 N–H and O–H groups in total. The van der Waals surface area contributed by atoms with Crippen LogP contribution in [0.3, 0.4) is 0 Å². The fourth-order valence-electron chi connectivity index (χ4n) is 5.90. The summed E-state index contributed by atoms with van der Waals surface area (Å²) in [5.74, 6) is 1.27. The number of methoxy groups -OCH3 is 2. The summed E-state index contributed by atoms with van der Waals surface area (Å²) in [6.45, 7) is 3.34. The van der Waals surface area contributed by atoms with Crippen molar-refractivity contribution >= 4 is 40.1 Å². The Morgan fingerprint density at radius 1 is 1.00 bits per heavy atom. The predicted octanol–water partition coefficient (Wildman–Crippen LogP) is 5.13. The lowest BCUT2D eigenvalue weighted by atomic mass is 9.67. The summed E-state index contributed by atoms with van der Waals surface area (Å²) in [6, 6.07) is 22.5. The number of carbonyl (C=O) groups is 1. The summed E-state index contributed by atoms with van der Waals surface area (Å²) in [4.78, 5) is 12.0. The molecule has 1 aliphatic carbocycles. The Hall–Kier alpha value is -3.55. The van der Waals surface area contributed by atoms with Crippen molar-refractivity contribution in [1.29, 1.82) is 0 Å². The predicted molar refractivity (Wildman–Crippen MR) is 144 cm³/mol. The minimum absolute atomic E-state index is 0.245. The molecule has 7 heteroatoms. The Kier molecular flexibility index (Phi) is 5.85. The fourth-order valence-corrected chi connectivity index (χ4v) is 5.90. The smallest absolute Gasteiger partial charge is 0.494 e. The summed E-state index contributed by atoms with van der Waals surface area (Å²) in [7, 11) is 2.80. The number of fused-ring (bicyclic) bond motifs is 6. The first kappa shape index (κ1) is 23.8. The number of rotatable bonds is 5. The summed E-state index contributed by atoms with van der Waals surface area (Å²) < 4.78 is 30.5. The first-order chi connectivity index (χ1) is 17.9. The Labute approximate surface area is 216 Å². The minimum Gasteiger partial charge on any atom is -0.497 e. The van der Waals surface area contributed by atoms with E-state index in [4.69, 9.17) is 23.5 Å². The van der Waals surface area contributed by atoms with Crippen LogP contribution in [0.4, 0.5) is 0 Å². The molecule has 2 bridgehead atoms. The van der Waals surface area contributed by atoms with Crippen molar-refractivity contribution in [1.82, 2.24) is 0 Å². The van der Waals surface area contributed by atoms with Gasteiger partial charge in [0.25, 0.3) is 0 Å². The fraction of sp³-hybridized carbons (Fsp3) is 0.300. The van der Waals surface area contributed by atoms with Crippen molar-refractivity contribution in [3.8, 4) is 11.5 Å². The van der Waals surface area contributed by atoms with E-state index in [0.29, 0.717) is 12.8 Å². The van der Waals surface area contributed by atoms with E-state index in [2.05, 4.69) is 24.3 Å². The second-order valence-corrected chi connectivity index (χ2v) is 9.95. The topological polar surface area (TPSA) is 63.2 Å². The van der Waals surface area contributed by atoms with Crippen molar-refractivity contribution in [3.05, 3.63) is 77.9 Å². The van der Waals surface area contributed by atoms with Crippen molar-refractivity contribution in [2.24, 2.45) is 0 Å². The van der Waals surface area contributed by atoms with E-state index < -0.39 is 18.8 Å². The van der Waals surface area contributed by atoms with Crippen LogP contribution in [0.2, 0.25) is 0 Å². The molecule has 4 aromatic rings. The van der Waals surface area contributed by atoms with E-state index in [1.54, 1.807) is 14.2 Å². The average Bonchev–Trinajstić information content (AvgIpc) is 2.90. The summed E-state index contributed by atoms with van der Waals surface area (Å²) in [6.07, 6.45) is 0.398. The zero-order chi connectivity index (χ0) is 25.7. The molecule has 4 aromatic carbocycles. The molecule has 1 aliphatic heterocycles. The van der Waals surface area contributed by atoms with E-state index in [1.807, 2.05) is 49.4 Å². The Bertz CT molecular complexity index is 1500. The monoisotopic (exact) mass is 496 g/mol. The minimum atomic E-state index is -0.761. The zero-order valence-corrected chi connectivity index (χ0v) is 21.4. The molecule has 188 valence electrons. The van der Waals surface area contributed by atoms with Crippen LogP contribution in [-0.4, -0.2) is 39.0 Å². The normalized spacial score (nSPS) is 21.4. The highest BCUT2D eigenvalue weighted by molar-refractivity contribution is 6.61. The molecular formula is C30H29BO6. The number of benzene rings is 4. The lowest BCUT2D eigenvalue weighted by Crippen LogP contribution is -2.60. The Morgan fingerprint density at radius 3 is 2.54 bits per heavy atom. The molecule has 0 radical (unpaired) electrons. The second-order valence-electron chi connectivity index (χ2n) is 9.95. The van der Waals surface area contributed by atoms with E-state index in [1.165, 1.54) is 6.92 Å². The van der Waals surface area contributed by atoms with Gasteiger partial charge in [-0.05, 0) is 64.4 Å². The Morgan fingerprint density at radius 2 is 1.81 bits per heavy atom. The van der Waals surface area contributed by atoms with E-state index in [9.17, 15) is 4.79 Å². The van der Waals surface area contributed by atoms with E-state index in [-0.39, 0.29) is 12.1 Å². The van der Waals surface area contributed by atoms with Gasteiger partial charge in [0, 0.05) is 30.7 Å². The quantitative estimate of drug-likeness (QED) is 0.217. The third kappa shape index (κ3) is 4.03. The number of hydrogen-bond acceptors (Lipinski definition) is 6. The van der Waals surface area contributed by atoms with Crippen LogP contribution >= 0.6 is 0 Å². The number of esters is 1. The molecule has 1 fully saturated rings. The van der Waals surface area contributed by atoms with Gasteiger partial charge < -0.3 is 23.5 Å². The van der Waals surface area contributed by atoms with Gasteiger partial charge in [0.05, 0.1) is 25.9 Å². The maximum atomic E-state index is 12.0. The molecule has 37 heavy (non-hydrogen) atoms. The highest BCUT2D eigenvalue weighted by Gasteiger charge is 2.54. The van der Waals surface area contributed by atoms with Crippen molar-refractivity contribution in [3.63, 3.8) is 0 Å². The van der Waals surface area contributed by atoms with Crippen LogP contribution in [-0.2, 0) is 25.3 Å². The first-order valence-corrected chi connectivity index (χ1v) is 12.6. The molecular weight excluding hydrogens is 467 g/mol. The standard InChI is InChI=1S/C30H29BO6/c1-18(35-19(2)32)30-16-27-26(28(17-30)36-31(37-30)23-8-6-5-7-9-23)15-22-12-20-10-11-24(33-3)13-21(20)14-25(22)29(27)34-4/h5-15,18,28H,16-17H2,1-4H3/t18-,28-,30-/m0/s1. The van der Waals surface area contributed by atoms with Gasteiger partial charge in [0.15, 0.2) is 0 Å². The third-order valence-electron chi connectivity index (χ3n) is 7.74. The zero-order valence-electron chi connectivity index (χ0n) is 21.4. The third-order valence-corrected chi connectivity index (χ3v) is 7.74. The molecule has 0 unspecified atom stereocenters. The molecule has 0 amide bonds. The summed E-state index contributed by atoms with van der Waals surface area (Å²) in [5, 5.41) is 4.29. The average molecular weight is 496 g/mol. The molecule has 6 nitrogen and oxygen atoms in total. The van der Waals surface area contributed by atoms with Gasteiger partial charge in [-0.25, -0.2) is 0 Å². The van der Waals surface area contributed by atoms with Crippen LogP contribution in [0, 0.1) is 0 Å². The molecule has 0 aromatic heterocycles. The molecule has 6 rings (SSSR count). The van der Waals surface area contributed by atoms with Crippen molar-refractivity contribution in [2.45, 2.75) is 44.5 Å². The van der Waals surface area contributed by atoms with Gasteiger partial charge in [-0.3, -0.25) is 4.79 Å². The van der Waals surface area contributed by atoms with Crippen molar-refractivity contribution < 1.29 is 28.3 Å². The maximum absolute atomic E-state index is 12.0. The van der Waals surface area contributed by atoms with Gasteiger partial charge in [0.1, 0.15) is 17.6 Å². The molecule has 1 heterocycles. The maximum Gasteiger partial charge on any atom is 0.494 e. The second kappa shape index (κ2) is 9.08. The SMILES string of the molecule is COc1ccc2cc3cc4c(c(OC)c3cc2c1)C[C@@]1([C@H](C)OC(C)=O)C[C@@H]4OB(c2ccccc2)O1. The molecule has 1 saturated heterocycles. The van der Waals surface area contributed by atoms with E-state index >= 15 is 0 Å². The Balaban J connectivity index is 1.54. The van der Waals surface area contributed by atoms with Crippen molar-refractivity contribution in [2.75, 3.05) is 14.2 Å². The van der Waals surface area contributed by atoms with E-state index in [0.717, 1.165) is 49.6 Å². The lowest BCUT2D eigenvalue weighted by Gasteiger charge is -2.50. The number of hydrogen-bond donors (Lipinski definition) is 0. The van der Waals surface area contributed by atoms with Crippen LogP contribution in [0.15, 0.2) is 66.7 Å². The van der Waals surface area contributed by atoms with Gasteiger partial charge >= 0.3 is 13.1 Å². The highest BCUT2D eigenvalue weighted by atomic mass is 16.6.